The van der Waals surface area contributed by atoms with Gasteiger partial charge in [-0.05, 0) is 52.9 Å². The van der Waals surface area contributed by atoms with Crippen LogP contribution in [0.25, 0.3) is 28.3 Å². The fourth-order valence-corrected chi connectivity index (χ4v) is 2.80. The molecule has 0 saturated carbocycles. The summed E-state index contributed by atoms with van der Waals surface area (Å²) >= 11 is 0. The monoisotopic (exact) mass is 358 g/mol. The third-order valence-electron chi connectivity index (χ3n) is 4.23. The summed E-state index contributed by atoms with van der Waals surface area (Å²) in [6.45, 7) is 2.17. The van der Waals surface area contributed by atoms with Crippen molar-refractivity contribution in [3.63, 3.8) is 0 Å². The number of methoxy groups -OCH3 is 1. The Morgan fingerprint density at radius 3 is 2.04 bits per heavy atom. The van der Waals surface area contributed by atoms with Gasteiger partial charge in [-0.2, -0.15) is 0 Å². The molecule has 0 aromatic heterocycles. The zero-order chi connectivity index (χ0) is 19.1. The lowest BCUT2D eigenvalue weighted by Crippen LogP contribution is -1.98. The topological polar surface area (TPSA) is 35.5 Å². The van der Waals surface area contributed by atoms with Gasteiger partial charge in [0.15, 0.2) is 0 Å². The Hall–Kier alpha value is -3.33. The van der Waals surface area contributed by atoms with E-state index >= 15 is 0 Å². The van der Waals surface area contributed by atoms with E-state index in [1.165, 1.54) is 6.08 Å². The molecule has 3 nitrogen and oxygen atoms in total. The van der Waals surface area contributed by atoms with Gasteiger partial charge in [0.05, 0.1) is 13.7 Å². The van der Waals surface area contributed by atoms with Gasteiger partial charge in [-0.25, -0.2) is 4.79 Å². The van der Waals surface area contributed by atoms with Crippen molar-refractivity contribution >= 4 is 12.0 Å². The number of carbonyl (C=O) groups is 1. The Kier molecular flexibility index (Phi) is 6.06. The maximum absolute atomic E-state index is 11.4. The molecule has 3 aromatic carbocycles. The van der Waals surface area contributed by atoms with Crippen molar-refractivity contribution in [1.29, 1.82) is 0 Å². The van der Waals surface area contributed by atoms with Crippen molar-refractivity contribution in [2.75, 3.05) is 13.7 Å². The predicted octanol–water partition coefficient (Wildman–Crippen LogP) is 5.61. The predicted molar refractivity (Wildman–Crippen MR) is 110 cm³/mol. The molecule has 3 rings (SSSR count). The van der Waals surface area contributed by atoms with Crippen molar-refractivity contribution in [2.24, 2.45) is 0 Å². The van der Waals surface area contributed by atoms with Crippen LogP contribution in [-0.4, -0.2) is 19.7 Å². The Labute approximate surface area is 159 Å². The van der Waals surface area contributed by atoms with Crippen LogP contribution in [0.1, 0.15) is 12.5 Å². The summed E-state index contributed by atoms with van der Waals surface area (Å²) in [5.41, 5.74) is 5.50. The molecular weight excluding hydrogens is 336 g/mol. The summed E-state index contributed by atoms with van der Waals surface area (Å²) < 4.78 is 10.2. The molecule has 136 valence electrons. The second-order valence-electron chi connectivity index (χ2n) is 6.02. The minimum atomic E-state index is -0.324. The molecule has 0 unspecified atom stereocenters. The molecule has 0 atom stereocenters. The molecule has 3 aromatic rings. The number of hydrogen-bond acceptors (Lipinski definition) is 3. The molecule has 27 heavy (non-hydrogen) atoms. The van der Waals surface area contributed by atoms with E-state index in [2.05, 4.69) is 30.3 Å². The molecule has 0 radical (unpaired) electrons. The largest absolute Gasteiger partial charge is 0.497 e. The van der Waals surface area contributed by atoms with E-state index in [0.717, 1.165) is 33.6 Å². The number of ether oxygens (including phenoxy) is 2. The lowest BCUT2D eigenvalue weighted by Gasteiger charge is -2.07. The van der Waals surface area contributed by atoms with Crippen LogP contribution < -0.4 is 4.74 Å². The van der Waals surface area contributed by atoms with E-state index in [-0.39, 0.29) is 5.97 Å². The highest BCUT2D eigenvalue weighted by atomic mass is 16.5. The van der Waals surface area contributed by atoms with Gasteiger partial charge in [-0.15, -0.1) is 0 Å². The fourth-order valence-electron chi connectivity index (χ4n) is 2.80. The number of carbonyl (C=O) groups excluding carboxylic acids is 1. The van der Waals surface area contributed by atoms with Crippen LogP contribution in [0.3, 0.4) is 0 Å². The van der Waals surface area contributed by atoms with E-state index in [9.17, 15) is 4.79 Å². The standard InChI is InChI=1S/C24H22O3/c1-3-27-24(25)16-9-18-7-10-19(11-8-18)20-12-14-21(15-13-20)22-5-4-6-23(17-22)26-2/h4-17H,3H2,1-2H3/b16-9+. The molecule has 0 aliphatic rings. The number of rotatable bonds is 6. The van der Waals surface area contributed by atoms with Gasteiger partial charge in [0.2, 0.25) is 0 Å². The SMILES string of the molecule is CCOC(=O)/C=C/c1ccc(-c2ccc(-c3cccc(OC)c3)cc2)cc1. The molecule has 0 heterocycles. The molecule has 0 bridgehead atoms. The van der Waals surface area contributed by atoms with Gasteiger partial charge in [0.1, 0.15) is 5.75 Å². The van der Waals surface area contributed by atoms with Crippen LogP contribution in [0.4, 0.5) is 0 Å². The lowest BCUT2D eigenvalue weighted by atomic mass is 9.99. The molecule has 0 spiro atoms. The zero-order valence-electron chi connectivity index (χ0n) is 15.5. The first kappa shape index (κ1) is 18.5. The summed E-state index contributed by atoms with van der Waals surface area (Å²) in [7, 11) is 1.67. The Morgan fingerprint density at radius 2 is 1.44 bits per heavy atom. The summed E-state index contributed by atoms with van der Waals surface area (Å²) in [4.78, 5) is 11.4. The van der Waals surface area contributed by atoms with Crippen LogP contribution in [0.5, 0.6) is 5.75 Å². The third kappa shape index (κ3) is 4.85. The van der Waals surface area contributed by atoms with Crippen molar-refractivity contribution in [3.8, 4) is 28.0 Å². The first-order valence-corrected chi connectivity index (χ1v) is 8.89. The van der Waals surface area contributed by atoms with Gasteiger partial charge in [0, 0.05) is 6.08 Å². The summed E-state index contributed by atoms with van der Waals surface area (Å²) in [6.07, 6.45) is 3.20. The highest BCUT2D eigenvalue weighted by Gasteiger charge is 2.02. The minimum Gasteiger partial charge on any atom is -0.497 e. The van der Waals surface area contributed by atoms with Crippen LogP contribution >= 0.6 is 0 Å². The van der Waals surface area contributed by atoms with E-state index < -0.39 is 0 Å². The smallest absolute Gasteiger partial charge is 0.330 e. The first-order valence-electron chi connectivity index (χ1n) is 8.89. The van der Waals surface area contributed by atoms with Crippen molar-refractivity contribution < 1.29 is 14.3 Å². The average Bonchev–Trinajstić information content (AvgIpc) is 2.73. The van der Waals surface area contributed by atoms with Crippen molar-refractivity contribution in [2.45, 2.75) is 6.92 Å². The molecule has 0 aliphatic carbocycles. The van der Waals surface area contributed by atoms with Crippen LogP contribution in [-0.2, 0) is 9.53 Å². The van der Waals surface area contributed by atoms with E-state index in [1.54, 1.807) is 20.1 Å². The van der Waals surface area contributed by atoms with Crippen LogP contribution in [0.2, 0.25) is 0 Å². The Morgan fingerprint density at radius 1 is 0.852 bits per heavy atom. The van der Waals surface area contributed by atoms with E-state index in [0.29, 0.717) is 6.61 Å². The maximum Gasteiger partial charge on any atom is 0.330 e. The highest BCUT2D eigenvalue weighted by Crippen LogP contribution is 2.27. The average molecular weight is 358 g/mol. The lowest BCUT2D eigenvalue weighted by molar-refractivity contribution is -0.137. The quantitative estimate of drug-likeness (QED) is 0.425. The minimum absolute atomic E-state index is 0.324. The fraction of sp³-hybridized carbons (Fsp3) is 0.125. The van der Waals surface area contributed by atoms with Gasteiger partial charge < -0.3 is 9.47 Å². The van der Waals surface area contributed by atoms with Gasteiger partial charge >= 0.3 is 5.97 Å². The second kappa shape index (κ2) is 8.86. The summed E-state index contributed by atoms with van der Waals surface area (Å²) in [5, 5.41) is 0. The maximum atomic E-state index is 11.4. The van der Waals surface area contributed by atoms with Crippen LogP contribution in [0, 0.1) is 0 Å². The normalized spacial score (nSPS) is 10.7. The van der Waals surface area contributed by atoms with Gasteiger partial charge in [0.25, 0.3) is 0 Å². The first-order chi connectivity index (χ1) is 13.2. The molecule has 0 amide bonds. The van der Waals surface area contributed by atoms with Gasteiger partial charge in [-0.1, -0.05) is 60.7 Å². The van der Waals surface area contributed by atoms with Gasteiger partial charge in [-0.3, -0.25) is 0 Å². The number of hydrogen-bond donors (Lipinski definition) is 0. The number of benzene rings is 3. The molecule has 0 aliphatic heterocycles. The Bertz CT molecular complexity index is 923. The molecule has 0 N–H and O–H groups in total. The summed E-state index contributed by atoms with van der Waals surface area (Å²) in [6, 6.07) is 24.5. The van der Waals surface area contributed by atoms with E-state index in [1.807, 2.05) is 42.5 Å². The number of esters is 1. The molecule has 3 heteroatoms. The molecular formula is C24H22O3. The summed E-state index contributed by atoms with van der Waals surface area (Å²) in [5.74, 6) is 0.526. The third-order valence-corrected chi connectivity index (χ3v) is 4.23. The van der Waals surface area contributed by atoms with E-state index in [4.69, 9.17) is 9.47 Å². The zero-order valence-corrected chi connectivity index (χ0v) is 15.5. The highest BCUT2D eigenvalue weighted by molar-refractivity contribution is 5.87. The molecule has 0 saturated heterocycles. The Balaban J connectivity index is 1.74. The second-order valence-corrected chi connectivity index (χ2v) is 6.02. The molecule has 0 fully saturated rings. The van der Waals surface area contributed by atoms with Crippen LogP contribution in [0.15, 0.2) is 78.9 Å². The van der Waals surface area contributed by atoms with Crippen molar-refractivity contribution in [1.82, 2.24) is 0 Å². The van der Waals surface area contributed by atoms with Crippen molar-refractivity contribution in [3.05, 3.63) is 84.4 Å².